The number of benzene rings is 2. The topological polar surface area (TPSA) is 103 Å². The van der Waals surface area contributed by atoms with E-state index in [9.17, 15) is 9.59 Å². The van der Waals surface area contributed by atoms with Crippen LogP contribution in [-0.2, 0) is 0 Å². The van der Waals surface area contributed by atoms with Gasteiger partial charge < -0.3 is 25.0 Å². The van der Waals surface area contributed by atoms with Crippen molar-refractivity contribution in [3.8, 4) is 17.2 Å². The molecule has 0 bridgehead atoms. The maximum absolute atomic E-state index is 13.1. The second-order valence-corrected chi connectivity index (χ2v) is 7.83. The molecule has 9 nitrogen and oxygen atoms in total. The Bertz CT molecular complexity index is 1160. The Morgan fingerprint density at radius 2 is 1.48 bits per heavy atom. The molecule has 1 fully saturated rings. The quantitative estimate of drug-likeness (QED) is 0.642. The fourth-order valence-corrected chi connectivity index (χ4v) is 3.91. The molecule has 0 saturated carbocycles. The van der Waals surface area contributed by atoms with Crippen LogP contribution in [0.2, 0.25) is 0 Å². The largest absolute Gasteiger partial charge is 0.497 e. The Morgan fingerprint density at radius 3 is 2.06 bits per heavy atom. The third-order valence-corrected chi connectivity index (χ3v) is 5.83. The van der Waals surface area contributed by atoms with E-state index in [1.165, 1.54) is 6.20 Å². The van der Waals surface area contributed by atoms with Gasteiger partial charge in [-0.2, -0.15) is 5.10 Å². The molecule has 0 radical (unpaired) electrons. The van der Waals surface area contributed by atoms with E-state index in [-0.39, 0.29) is 11.8 Å². The van der Waals surface area contributed by atoms with Crippen molar-refractivity contribution < 1.29 is 19.1 Å². The van der Waals surface area contributed by atoms with Crippen molar-refractivity contribution in [2.45, 2.75) is 6.92 Å². The number of aromatic nitrogens is 2. The summed E-state index contributed by atoms with van der Waals surface area (Å²) in [7, 11) is 3.08. The van der Waals surface area contributed by atoms with Gasteiger partial charge in [0, 0.05) is 37.8 Å². The predicted octanol–water partition coefficient (Wildman–Crippen LogP) is 2.38. The van der Waals surface area contributed by atoms with E-state index in [1.807, 2.05) is 31.2 Å². The van der Waals surface area contributed by atoms with Crippen LogP contribution in [0, 0.1) is 6.92 Å². The molecule has 1 aromatic heterocycles. The van der Waals surface area contributed by atoms with Gasteiger partial charge in [-0.05, 0) is 30.7 Å². The number of hydrogen-bond acceptors (Lipinski definition) is 6. The molecule has 2 heterocycles. The first kappa shape index (κ1) is 22.2. The van der Waals surface area contributed by atoms with Crippen LogP contribution < -0.4 is 15.2 Å². The number of carbonyl (C=O) groups excluding carboxylic acids is 2. The van der Waals surface area contributed by atoms with Crippen molar-refractivity contribution in [1.82, 2.24) is 19.6 Å². The van der Waals surface area contributed by atoms with E-state index in [4.69, 9.17) is 15.2 Å². The van der Waals surface area contributed by atoms with E-state index >= 15 is 0 Å². The van der Waals surface area contributed by atoms with Crippen molar-refractivity contribution in [3.05, 3.63) is 65.4 Å². The number of methoxy groups -OCH3 is 2. The highest BCUT2D eigenvalue weighted by Gasteiger charge is 2.28. The summed E-state index contributed by atoms with van der Waals surface area (Å²) in [5.74, 6) is 1.07. The normalized spacial score (nSPS) is 13.7. The van der Waals surface area contributed by atoms with Crippen molar-refractivity contribution in [3.63, 3.8) is 0 Å². The van der Waals surface area contributed by atoms with Gasteiger partial charge in [0.05, 0.1) is 26.1 Å². The van der Waals surface area contributed by atoms with Gasteiger partial charge in [0.15, 0.2) is 0 Å². The zero-order valence-corrected chi connectivity index (χ0v) is 18.9. The number of anilines is 1. The average Bonchev–Trinajstić information content (AvgIpc) is 3.24. The molecule has 4 rings (SSSR count). The van der Waals surface area contributed by atoms with E-state index in [0.717, 1.165) is 11.3 Å². The minimum absolute atomic E-state index is 0.133. The van der Waals surface area contributed by atoms with Crippen LogP contribution >= 0.6 is 0 Å². The minimum Gasteiger partial charge on any atom is -0.497 e. The number of aryl methyl sites for hydroxylation is 1. The highest BCUT2D eigenvalue weighted by atomic mass is 16.5. The summed E-state index contributed by atoms with van der Waals surface area (Å²) < 4.78 is 12.1. The Morgan fingerprint density at radius 1 is 0.909 bits per heavy atom. The summed E-state index contributed by atoms with van der Waals surface area (Å²) in [6, 6.07) is 12.8. The van der Waals surface area contributed by atoms with Gasteiger partial charge in [0.2, 0.25) is 0 Å². The third-order valence-electron chi connectivity index (χ3n) is 5.83. The number of amides is 2. The predicted molar refractivity (Wildman–Crippen MR) is 124 cm³/mol. The molecule has 1 saturated heterocycles. The summed E-state index contributed by atoms with van der Waals surface area (Å²) in [4.78, 5) is 29.5. The van der Waals surface area contributed by atoms with Gasteiger partial charge in [0.1, 0.15) is 22.9 Å². The molecule has 2 aromatic carbocycles. The number of piperazine rings is 1. The Kier molecular flexibility index (Phi) is 6.21. The molecular weight excluding hydrogens is 422 g/mol. The molecule has 1 aliphatic rings. The molecule has 33 heavy (non-hydrogen) atoms. The molecule has 3 aromatic rings. The van der Waals surface area contributed by atoms with Gasteiger partial charge in [0.25, 0.3) is 11.8 Å². The zero-order chi connectivity index (χ0) is 23.5. The number of carbonyl (C=O) groups is 2. The van der Waals surface area contributed by atoms with Crippen molar-refractivity contribution in [2.75, 3.05) is 46.1 Å². The van der Waals surface area contributed by atoms with Crippen molar-refractivity contribution >= 4 is 17.6 Å². The molecular formula is C24H27N5O4. The van der Waals surface area contributed by atoms with Gasteiger partial charge in [-0.25, -0.2) is 4.68 Å². The lowest BCUT2D eigenvalue weighted by molar-refractivity contribution is 0.0535. The lowest BCUT2D eigenvalue weighted by atomic mass is 10.1. The van der Waals surface area contributed by atoms with Crippen LogP contribution in [0.1, 0.15) is 26.3 Å². The van der Waals surface area contributed by atoms with Crippen LogP contribution in [-0.4, -0.2) is 71.8 Å². The van der Waals surface area contributed by atoms with Gasteiger partial charge >= 0.3 is 0 Å². The summed E-state index contributed by atoms with van der Waals surface area (Å²) in [5, 5.41) is 4.33. The van der Waals surface area contributed by atoms with Crippen LogP contribution in [0.4, 0.5) is 5.82 Å². The fourth-order valence-electron chi connectivity index (χ4n) is 3.91. The van der Waals surface area contributed by atoms with E-state index in [2.05, 4.69) is 5.10 Å². The number of rotatable bonds is 5. The van der Waals surface area contributed by atoms with E-state index in [1.54, 1.807) is 46.9 Å². The average molecular weight is 450 g/mol. The molecule has 9 heteroatoms. The van der Waals surface area contributed by atoms with Crippen molar-refractivity contribution in [2.24, 2.45) is 0 Å². The minimum atomic E-state index is -0.192. The SMILES string of the molecule is COc1cc(OC)cc(C(=O)N2CCN(C(=O)c3cnn(-c4ccccc4C)c3N)CC2)c1. The summed E-state index contributed by atoms with van der Waals surface area (Å²) in [5.41, 5.74) is 8.96. The van der Waals surface area contributed by atoms with Gasteiger partial charge in [-0.1, -0.05) is 18.2 Å². The number of nitrogens with zero attached hydrogens (tertiary/aromatic N) is 4. The number of hydrogen-bond donors (Lipinski definition) is 1. The molecule has 0 unspecified atom stereocenters. The van der Waals surface area contributed by atoms with Crippen molar-refractivity contribution in [1.29, 1.82) is 0 Å². The second kappa shape index (κ2) is 9.23. The Labute approximate surface area is 192 Å². The first-order valence-corrected chi connectivity index (χ1v) is 10.6. The number of nitrogens with two attached hydrogens (primary N) is 1. The third kappa shape index (κ3) is 4.34. The molecule has 172 valence electrons. The molecule has 2 N–H and O–H groups in total. The van der Waals surface area contributed by atoms with E-state index < -0.39 is 0 Å². The molecule has 0 spiro atoms. The van der Waals surface area contributed by atoms with Crippen LogP contribution in [0.25, 0.3) is 5.69 Å². The zero-order valence-electron chi connectivity index (χ0n) is 18.9. The van der Waals surface area contributed by atoms with Gasteiger partial charge in [-0.3, -0.25) is 9.59 Å². The van der Waals surface area contributed by atoms with E-state index in [0.29, 0.717) is 54.6 Å². The fraction of sp³-hybridized carbons (Fsp3) is 0.292. The standard InChI is InChI=1S/C24H27N5O4/c1-16-6-4-5-7-21(16)29-22(25)20(15-26-29)24(31)28-10-8-27(9-11-28)23(30)17-12-18(32-2)14-19(13-17)33-3/h4-7,12-15H,8-11,25H2,1-3H3. The summed E-state index contributed by atoms with van der Waals surface area (Å²) >= 11 is 0. The first-order chi connectivity index (χ1) is 15.9. The Balaban J connectivity index is 1.45. The number of ether oxygens (including phenoxy) is 2. The maximum atomic E-state index is 13.1. The van der Waals surface area contributed by atoms with Crippen LogP contribution in [0.15, 0.2) is 48.7 Å². The Hall–Kier alpha value is -4.01. The molecule has 0 aliphatic carbocycles. The second-order valence-electron chi connectivity index (χ2n) is 7.83. The van der Waals surface area contributed by atoms with Crippen LogP contribution in [0.5, 0.6) is 11.5 Å². The first-order valence-electron chi connectivity index (χ1n) is 10.6. The monoisotopic (exact) mass is 449 g/mol. The number of nitrogen functional groups attached to an aromatic ring is 1. The molecule has 1 aliphatic heterocycles. The number of para-hydroxylation sites is 1. The van der Waals surface area contributed by atoms with Crippen LogP contribution in [0.3, 0.4) is 0 Å². The lowest BCUT2D eigenvalue weighted by Gasteiger charge is -2.34. The highest BCUT2D eigenvalue weighted by Crippen LogP contribution is 2.25. The summed E-state index contributed by atoms with van der Waals surface area (Å²) in [6.07, 6.45) is 1.50. The van der Waals surface area contributed by atoms with Gasteiger partial charge in [-0.15, -0.1) is 0 Å². The lowest BCUT2D eigenvalue weighted by Crippen LogP contribution is -2.50. The molecule has 0 atom stereocenters. The summed E-state index contributed by atoms with van der Waals surface area (Å²) in [6.45, 7) is 3.60. The smallest absolute Gasteiger partial charge is 0.259 e. The highest BCUT2D eigenvalue weighted by molar-refractivity contribution is 5.99. The maximum Gasteiger partial charge on any atom is 0.259 e. The molecule has 2 amide bonds.